The highest BCUT2D eigenvalue weighted by atomic mass is 35.5. The number of rotatable bonds is 10. The van der Waals surface area contributed by atoms with Crippen LogP contribution < -0.4 is 0 Å². The van der Waals surface area contributed by atoms with Gasteiger partial charge in [-0.2, -0.15) is 0 Å². The normalized spacial score (nSPS) is 13.4. The van der Waals surface area contributed by atoms with Crippen molar-refractivity contribution < 1.29 is 0 Å². The van der Waals surface area contributed by atoms with E-state index in [1.807, 2.05) is 0 Å². The van der Waals surface area contributed by atoms with Gasteiger partial charge in [-0.15, -0.1) is 6.08 Å². The van der Waals surface area contributed by atoms with E-state index in [0.29, 0.717) is 4.05 Å². The maximum Gasteiger partial charge on any atom is 0.508 e. The largest absolute Gasteiger partial charge is 0.508 e. The van der Waals surface area contributed by atoms with Crippen LogP contribution in [0.5, 0.6) is 0 Å². The van der Waals surface area contributed by atoms with Crippen LogP contribution in [0.25, 0.3) is 0 Å². The van der Waals surface area contributed by atoms with Gasteiger partial charge < -0.3 is 9.07 Å². The average Bonchev–Trinajstić information content (AvgIpc) is 2.42. The van der Waals surface area contributed by atoms with E-state index in [9.17, 15) is 0 Å². The Bertz CT molecular complexity index is 419. The minimum absolute atomic E-state index is 0.505. The van der Waals surface area contributed by atoms with E-state index >= 15 is 0 Å². The van der Waals surface area contributed by atoms with Gasteiger partial charge in [0.2, 0.25) is 0 Å². The highest BCUT2D eigenvalue weighted by Crippen LogP contribution is 2.20. The summed E-state index contributed by atoms with van der Waals surface area (Å²) in [7, 11) is 6.27. The average molecular weight is 333 g/mol. The van der Waals surface area contributed by atoms with Crippen LogP contribution in [-0.2, 0) is 0 Å². The summed E-state index contributed by atoms with van der Waals surface area (Å²) in [6.45, 7) is 13.1. The fraction of sp³-hybridized carbons (Fsp3) is 0.600. The number of hydrogen-bond donors (Lipinski definition) is 0. The van der Waals surface area contributed by atoms with Gasteiger partial charge in [-0.25, -0.2) is 0 Å². The topological polar surface area (TPSA) is 0 Å². The Morgan fingerprint density at radius 3 is 1.77 bits per heavy atom. The molecular weight excluding hydrogens is 300 g/mol. The lowest BCUT2D eigenvalue weighted by atomic mass is 10.1. The molecule has 0 fully saturated rings. The smallest absolute Gasteiger partial charge is 0.345 e. The molecule has 0 rings (SSSR count). The molecule has 22 heavy (non-hydrogen) atoms. The summed E-state index contributed by atoms with van der Waals surface area (Å²) in [5, 5.41) is 0. The molecule has 122 valence electrons. The van der Waals surface area contributed by atoms with Crippen molar-refractivity contribution in [3.8, 4) is 0 Å². The van der Waals surface area contributed by atoms with Gasteiger partial charge in [-0.3, -0.25) is 0 Å². The first-order valence-electron chi connectivity index (χ1n) is 8.50. The Morgan fingerprint density at radius 1 is 0.818 bits per heavy atom. The van der Waals surface area contributed by atoms with Gasteiger partial charge >= 0.3 is 19.3 Å². The summed E-state index contributed by atoms with van der Waals surface area (Å²) < 4.78 is 0.603. The third-order valence-corrected chi connectivity index (χ3v) is 5.82. The van der Waals surface area contributed by atoms with Gasteiger partial charge in [0.05, 0.1) is 0 Å². The number of hydrogen-bond acceptors (Lipinski definition) is 0. The van der Waals surface area contributed by atoms with E-state index in [-0.39, 0.29) is 0 Å². The second-order valence-corrected chi connectivity index (χ2v) is 9.14. The monoisotopic (exact) mass is 332 g/mol. The lowest BCUT2D eigenvalue weighted by Crippen LogP contribution is -1.95. The molecule has 0 aromatic carbocycles. The maximum atomic E-state index is 6.27. The molecule has 0 aliphatic rings. The summed E-state index contributed by atoms with van der Waals surface area (Å²) in [6.07, 6.45) is 15.2. The van der Waals surface area contributed by atoms with E-state index in [1.54, 1.807) is 0 Å². The van der Waals surface area contributed by atoms with Crippen molar-refractivity contribution in [3.63, 3.8) is 0 Å². The van der Waals surface area contributed by atoms with Crippen molar-refractivity contribution >= 4 is 28.3 Å². The lowest BCUT2D eigenvalue weighted by Gasteiger charge is -2.09. The molecule has 0 aromatic heterocycles. The number of halogens is 1. The predicted octanol–water partition coefficient (Wildman–Crippen LogP) is 7.41. The van der Waals surface area contributed by atoms with Crippen molar-refractivity contribution in [1.29, 1.82) is 0 Å². The Balaban J connectivity index is 4.34. The molecule has 0 nitrogen and oxygen atoms in total. The first-order valence-corrected chi connectivity index (χ1v) is 11.5. The molecule has 1 unspecified atom stereocenters. The third-order valence-electron chi connectivity index (χ3n) is 3.67. The predicted molar refractivity (Wildman–Crippen MR) is 105 cm³/mol. The summed E-state index contributed by atoms with van der Waals surface area (Å²) in [6, 6.07) is 0. The molecule has 0 bridgehead atoms. The van der Waals surface area contributed by atoms with Crippen LogP contribution in [-0.4, -0.2) is 19.3 Å². The Kier molecular flexibility index (Phi) is 13.5. The second kappa shape index (κ2) is 13.5. The van der Waals surface area contributed by atoms with Gasteiger partial charge in [0.1, 0.15) is 0 Å². The van der Waals surface area contributed by atoms with E-state index < -0.39 is 19.3 Å². The highest BCUT2D eigenvalue weighted by Gasteiger charge is 2.07. The van der Waals surface area contributed by atoms with Crippen molar-refractivity contribution in [3.05, 3.63) is 46.6 Å². The van der Waals surface area contributed by atoms with Gasteiger partial charge in [-0.1, -0.05) is 44.6 Å². The van der Waals surface area contributed by atoms with E-state index in [1.165, 1.54) is 28.7 Å². The molecule has 0 saturated carbocycles. The maximum absolute atomic E-state index is 6.27. The first kappa shape index (κ1) is 22.0. The molecule has 0 aliphatic carbocycles. The Labute approximate surface area is 152 Å². The number of allylic oxidation sites excluding steroid dienone is 8. The van der Waals surface area contributed by atoms with Crippen LogP contribution in [0.4, 0.5) is 0 Å². The van der Waals surface area contributed by atoms with Crippen LogP contribution in [0.2, 0.25) is 4.05 Å². The van der Waals surface area contributed by atoms with Crippen molar-refractivity contribution in [2.45, 2.75) is 77.7 Å². The van der Waals surface area contributed by atoms with Crippen molar-refractivity contribution in [2.75, 3.05) is 0 Å². The molecule has 0 spiro atoms. The summed E-state index contributed by atoms with van der Waals surface area (Å²) in [4.78, 5) is 0. The molecule has 0 radical (unpaired) electrons. The molecule has 0 aliphatic heterocycles. The molecule has 0 aromatic rings. The molecule has 0 heterocycles. The molecule has 2 heteroatoms. The zero-order chi connectivity index (χ0) is 17.0. The van der Waals surface area contributed by atoms with Gasteiger partial charge in [0.25, 0.3) is 0 Å². The molecular formula is C20H33ClMg. The van der Waals surface area contributed by atoms with E-state index in [0.717, 1.165) is 25.7 Å². The van der Waals surface area contributed by atoms with Crippen LogP contribution in [0.1, 0.15) is 73.6 Å². The minimum Gasteiger partial charge on any atom is -0.345 e. The molecule has 0 amide bonds. The van der Waals surface area contributed by atoms with Crippen LogP contribution in [0, 0.1) is 0 Å². The highest BCUT2D eigenvalue weighted by molar-refractivity contribution is 6.94. The summed E-state index contributed by atoms with van der Waals surface area (Å²) in [5.41, 5.74) is 5.81. The Morgan fingerprint density at radius 2 is 1.32 bits per heavy atom. The van der Waals surface area contributed by atoms with Crippen LogP contribution in [0.3, 0.4) is 0 Å². The third kappa shape index (κ3) is 13.7. The fourth-order valence-electron chi connectivity index (χ4n) is 2.29. The Hall–Kier alpha value is 0.0162. The minimum atomic E-state index is -0.505. The fourth-order valence-corrected chi connectivity index (χ4v) is 3.72. The molecule has 0 N–H and O–H groups in total. The lowest BCUT2D eigenvalue weighted by molar-refractivity contribution is 0.913. The zero-order valence-electron chi connectivity index (χ0n) is 15.5. The van der Waals surface area contributed by atoms with Crippen LogP contribution in [0.15, 0.2) is 46.6 Å². The van der Waals surface area contributed by atoms with Crippen molar-refractivity contribution in [1.82, 2.24) is 0 Å². The summed E-state index contributed by atoms with van der Waals surface area (Å²) >= 11 is -0.505. The van der Waals surface area contributed by atoms with Crippen LogP contribution >= 0.6 is 9.07 Å². The SMILES string of the molecule is CC(C)=CCC/C(C)=C/C[CH](/C=C(\C)CCC=C(C)C)[Mg][Cl]. The molecule has 1 atom stereocenters. The van der Waals surface area contributed by atoms with E-state index in [2.05, 4.69) is 65.8 Å². The molecule has 0 saturated heterocycles. The second-order valence-electron chi connectivity index (χ2n) is 6.85. The summed E-state index contributed by atoms with van der Waals surface area (Å²) in [5.74, 6) is 0. The van der Waals surface area contributed by atoms with Gasteiger partial charge in [0.15, 0.2) is 0 Å². The quantitative estimate of drug-likeness (QED) is 0.288. The first-order chi connectivity index (χ1) is 10.3. The van der Waals surface area contributed by atoms with Gasteiger partial charge in [0, 0.05) is 0 Å². The van der Waals surface area contributed by atoms with E-state index in [4.69, 9.17) is 9.07 Å². The zero-order valence-corrected chi connectivity index (χ0v) is 17.7. The van der Waals surface area contributed by atoms with Crippen molar-refractivity contribution in [2.24, 2.45) is 0 Å². The van der Waals surface area contributed by atoms with Gasteiger partial charge in [-0.05, 0) is 73.6 Å². The standard InChI is InChI=1S/C20H33.ClH.Mg/c1-17(2)11-9-15-19(5)13-7-8-14-20(6)16-10-12-18(3)4;;/h7,11-14H,8-10,15-16H2,1-6H3;1H;/q;;+1/p-1/b19-13+,20-14+;;.